The lowest BCUT2D eigenvalue weighted by molar-refractivity contribution is 1.08. The number of hydrogen-bond acceptors (Lipinski definition) is 2. The Morgan fingerprint density at radius 1 is 1.06 bits per heavy atom. The summed E-state index contributed by atoms with van der Waals surface area (Å²) in [5.41, 5.74) is 9.43. The Hall–Kier alpha value is -2.35. The van der Waals surface area contributed by atoms with Crippen LogP contribution in [-0.4, -0.2) is 6.21 Å². The molecule has 2 N–H and O–H groups in total. The van der Waals surface area contributed by atoms with E-state index in [2.05, 4.69) is 23.7 Å². The second-order valence-electron chi connectivity index (χ2n) is 4.10. The van der Waals surface area contributed by atoms with Crippen molar-refractivity contribution in [3.63, 3.8) is 0 Å². The molecule has 90 valence electrons. The van der Waals surface area contributed by atoms with Crippen LogP contribution in [0.5, 0.6) is 0 Å². The molecule has 2 rings (SSSR count). The molecular formula is C16H16N2. The van der Waals surface area contributed by atoms with Crippen LogP contribution in [0, 0.1) is 0 Å². The van der Waals surface area contributed by atoms with Crippen LogP contribution < -0.4 is 5.73 Å². The van der Waals surface area contributed by atoms with E-state index >= 15 is 0 Å². The predicted molar refractivity (Wildman–Crippen MR) is 77.4 cm³/mol. The molecule has 2 heteroatoms. The van der Waals surface area contributed by atoms with Crippen molar-refractivity contribution in [1.29, 1.82) is 0 Å². The fourth-order valence-electron chi connectivity index (χ4n) is 1.62. The minimum atomic E-state index is 0.586. The zero-order chi connectivity index (χ0) is 12.8. The third-order valence-corrected chi connectivity index (χ3v) is 2.64. The van der Waals surface area contributed by atoms with E-state index in [1.807, 2.05) is 48.7 Å². The summed E-state index contributed by atoms with van der Waals surface area (Å²) in [5, 5.41) is 0. The minimum Gasteiger partial charge on any atom is -0.399 e. The fraction of sp³-hybridized carbons (Fsp3) is 0.0625. The van der Waals surface area contributed by atoms with Gasteiger partial charge >= 0.3 is 0 Å². The number of hydrogen-bond donors (Lipinski definition) is 1. The maximum Gasteiger partial charge on any atom is 0.0639 e. The van der Waals surface area contributed by atoms with Gasteiger partial charge in [-0.15, -0.1) is 0 Å². The Kier molecular flexibility index (Phi) is 3.92. The molecule has 0 saturated carbocycles. The molecule has 2 aromatic rings. The van der Waals surface area contributed by atoms with Gasteiger partial charge in [0.05, 0.1) is 6.54 Å². The summed E-state index contributed by atoms with van der Waals surface area (Å²) < 4.78 is 0. The summed E-state index contributed by atoms with van der Waals surface area (Å²) in [6.45, 7) is 4.40. The Balaban J connectivity index is 1.99. The summed E-state index contributed by atoms with van der Waals surface area (Å²) in [6, 6.07) is 18.1. The first-order valence-corrected chi connectivity index (χ1v) is 5.84. The SMILES string of the molecule is C=C(N)c1ccc(C=NCc2ccccc2)cc1. The van der Waals surface area contributed by atoms with Gasteiger partial charge in [-0.3, -0.25) is 4.99 Å². The number of benzene rings is 2. The van der Waals surface area contributed by atoms with Crippen LogP contribution in [0.4, 0.5) is 0 Å². The molecule has 0 radical (unpaired) electrons. The van der Waals surface area contributed by atoms with Crippen molar-refractivity contribution in [2.24, 2.45) is 10.7 Å². The van der Waals surface area contributed by atoms with Gasteiger partial charge in [0.25, 0.3) is 0 Å². The molecule has 0 unspecified atom stereocenters. The normalized spacial score (nSPS) is 10.7. The molecule has 0 heterocycles. The van der Waals surface area contributed by atoms with E-state index < -0.39 is 0 Å². The van der Waals surface area contributed by atoms with E-state index in [1.165, 1.54) is 5.56 Å². The second kappa shape index (κ2) is 5.82. The highest BCUT2D eigenvalue weighted by Gasteiger charge is 1.93. The van der Waals surface area contributed by atoms with Gasteiger partial charge in [0, 0.05) is 11.9 Å². The molecule has 0 aliphatic rings. The van der Waals surface area contributed by atoms with Gasteiger partial charge in [0.2, 0.25) is 0 Å². The molecule has 0 aliphatic heterocycles. The van der Waals surface area contributed by atoms with Crippen LogP contribution in [-0.2, 0) is 6.54 Å². The minimum absolute atomic E-state index is 0.586. The first kappa shape index (κ1) is 12.1. The standard InChI is InChI=1S/C16H16N2/c1-13(17)16-9-7-15(8-10-16)12-18-11-14-5-3-2-4-6-14/h2-10,12H,1,11,17H2. The predicted octanol–water partition coefficient (Wildman–Crippen LogP) is 3.24. The van der Waals surface area contributed by atoms with E-state index in [0.29, 0.717) is 12.2 Å². The Labute approximate surface area is 107 Å². The largest absolute Gasteiger partial charge is 0.399 e. The summed E-state index contributed by atoms with van der Waals surface area (Å²) in [5.74, 6) is 0. The van der Waals surface area contributed by atoms with E-state index in [1.54, 1.807) is 0 Å². The molecule has 18 heavy (non-hydrogen) atoms. The van der Waals surface area contributed by atoms with Crippen LogP contribution in [0.2, 0.25) is 0 Å². The zero-order valence-electron chi connectivity index (χ0n) is 10.2. The van der Waals surface area contributed by atoms with Crippen molar-refractivity contribution in [3.05, 3.63) is 77.9 Å². The van der Waals surface area contributed by atoms with Crippen molar-refractivity contribution in [3.8, 4) is 0 Å². The monoisotopic (exact) mass is 236 g/mol. The van der Waals surface area contributed by atoms with Crippen molar-refractivity contribution < 1.29 is 0 Å². The molecule has 0 amide bonds. The molecule has 0 spiro atoms. The van der Waals surface area contributed by atoms with Gasteiger partial charge < -0.3 is 5.73 Å². The third-order valence-electron chi connectivity index (χ3n) is 2.64. The lowest BCUT2D eigenvalue weighted by Gasteiger charge is -1.99. The highest BCUT2D eigenvalue weighted by molar-refractivity contribution is 5.80. The Morgan fingerprint density at radius 2 is 1.72 bits per heavy atom. The number of nitrogens with zero attached hydrogens (tertiary/aromatic N) is 1. The van der Waals surface area contributed by atoms with E-state index in [-0.39, 0.29) is 0 Å². The van der Waals surface area contributed by atoms with Crippen molar-refractivity contribution in [2.75, 3.05) is 0 Å². The topological polar surface area (TPSA) is 38.4 Å². The third kappa shape index (κ3) is 3.32. The number of nitrogens with two attached hydrogens (primary N) is 1. The fourth-order valence-corrected chi connectivity index (χ4v) is 1.62. The van der Waals surface area contributed by atoms with Crippen LogP contribution in [0.15, 0.2) is 66.2 Å². The summed E-state index contributed by atoms with van der Waals surface area (Å²) >= 11 is 0. The summed E-state index contributed by atoms with van der Waals surface area (Å²) in [6.07, 6.45) is 1.87. The van der Waals surface area contributed by atoms with E-state index in [9.17, 15) is 0 Å². The van der Waals surface area contributed by atoms with Crippen molar-refractivity contribution in [2.45, 2.75) is 6.54 Å². The average molecular weight is 236 g/mol. The van der Waals surface area contributed by atoms with Crippen molar-refractivity contribution in [1.82, 2.24) is 0 Å². The highest BCUT2D eigenvalue weighted by atomic mass is 14.7. The molecule has 0 atom stereocenters. The smallest absolute Gasteiger partial charge is 0.0639 e. The first-order valence-electron chi connectivity index (χ1n) is 5.84. The van der Waals surface area contributed by atoms with Gasteiger partial charge in [-0.2, -0.15) is 0 Å². The van der Waals surface area contributed by atoms with Crippen LogP contribution in [0.1, 0.15) is 16.7 Å². The number of rotatable bonds is 4. The van der Waals surface area contributed by atoms with Crippen LogP contribution in [0.25, 0.3) is 5.70 Å². The quantitative estimate of drug-likeness (QED) is 0.813. The Morgan fingerprint density at radius 3 is 2.33 bits per heavy atom. The first-order chi connectivity index (χ1) is 8.75. The maximum atomic E-state index is 5.61. The molecule has 0 aliphatic carbocycles. The Bertz CT molecular complexity index is 539. The van der Waals surface area contributed by atoms with Crippen LogP contribution in [0.3, 0.4) is 0 Å². The van der Waals surface area contributed by atoms with E-state index in [0.717, 1.165) is 11.1 Å². The molecule has 0 fully saturated rings. The summed E-state index contributed by atoms with van der Waals surface area (Å²) in [4.78, 5) is 4.41. The lowest BCUT2D eigenvalue weighted by atomic mass is 10.1. The number of aliphatic imine (C=N–C) groups is 1. The molecule has 0 bridgehead atoms. The zero-order valence-corrected chi connectivity index (χ0v) is 10.2. The molecule has 0 aromatic heterocycles. The second-order valence-corrected chi connectivity index (χ2v) is 4.10. The van der Waals surface area contributed by atoms with E-state index in [4.69, 9.17) is 5.73 Å². The molecule has 2 aromatic carbocycles. The lowest BCUT2D eigenvalue weighted by Crippen LogP contribution is -1.93. The van der Waals surface area contributed by atoms with Gasteiger partial charge in [0.15, 0.2) is 0 Å². The van der Waals surface area contributed by atoms with Gasteiger partial charge in [-0.1, -0.05) is 61.2 Å². The van der Waals surface area contributed by atoms with Gasteiger partial charge in [0.1, 0.15) is 0 Å². The van der Waals surface area contributed by atoms with Crippen molar-refractivity contribution >= 4 is 11.9 Å². The summed E-state index contributed by atoms with van der Waals surface area (Å²) in [7, 11) is 0. The maximum absolute atomic E-state index is 5.61. The molecular weight excluding hydrogens is 220 g/mol. The average Bonchev–Trinajstić information content (AvgIpc) is 2.40. The molecule has 0 saturated heterocycles. The van der Waals surface area contributed by atoms with Gasteiger partial charge in [-0.25, -0.2) is 0 Å². The highest BCUT2D eigenvalue weighted by Crippen LogP contribution is 2.08. The molecule has 2 nitrogen and oxygen atoms in total. The van der Waals surface area contributed by atoms with Gasteiger partial charge in [-0.05, 0) is 16.7 Å². The van der Waals surface area contributed by atoms with Crippen LogP contribution >= 0.6 is 0 Å².